The average Bonchev–Trinajstić information content (AvgIpc) is 2.96. The lowest BCUT2D eigenvalue weighted by Gasteiger charge is -2.38. The van der Waals surface area contributed by atoms with Gasteiger partial charge in [0.15, 0.2) is 17.5 Å². The molecule has 2 aromatic rings. The van der Waals surface area contributed by atoms with Crippen LogP contribution in [0.1, 0.15) is 43.8 Å². The summed E-state index contributed by atoms with van der Waals surface area (Å²) in [5, 5.41) is 4.71. The van der Waals surface area contributed by atoms with Crippen LogP contribution in [0.15, 0.2) is 18.3 Å². The fraction of sp³-hybridized carbons (Fsp3) is 0.588. The summed E-state index contributed by atoms with van der Waals surface area (Å²) in [6.45, 7) is 1.58. The molecule has 2 aliphatic rings. The maximum Gasteiger partial charge on any atom is 0.165 e. The van der Waals surface area contributed by atoms with E-state index in [9.17, 15) is 0 Å². The molecule has 0 amide bonds. The van der Waals surface area contributed by atoms with Crippen molar-refractivity contribution in [1.29, 1.82) is 0 Å². The van der Waals surface area contributed by atoms with E-state index in [1.54, 1.807) is 0 Å². The molecule has 122 valence electrons. The van der Waals surface area contributed by atoms with Crippen LogP contribution in [0.2, 0.25) is 0 Å². The van der Waals surface area contributed by atoms with Gasteiger partial charge >= 0.3 is 0 Å². The second kappa shape index (κ2) is 5.92. The number of pyridine rings is 1. The van der Waals surface area contributed by atoms with Crippen LogP contribution in [0.3, 0.4) is 0 Å². The van der Waals surface area contributed by atoms with Crippen molar-refractivity contribution in [1.82, 2.24) is 24.6 Å². The van der Waals surface area contributed by atoms with Gasteiger partial charge in [-0.1, -0.05) is 19.3 Å². The zero-order valence-corrected chi connectivity index (χ0v) is 13.9. The molecule has 0 atom stereocenters. The summed E-state index contributed by atoms with van der Waals surface area (Å²) in [7, 11) is 4.09. The van der Waals surface area contributed by atoms with E-state index in [1.165, 1.54) is 32.1 Å². The SMILES string of the molecule is CN(C)Cc1nc2n(n1)-c1cccnc1N(C1CCCCC1)C2. The maximum absolute atomic E-state index is 4.78. The van der Waals surface area contributed by atoms with Crippen molar-refractivity contribution in [2.45, 2.75) is 51.2 Å². The number of nitrogens with zero attached hydrogens (tertiary/aromatic N) is 6. The van der Waals surface area contributed by atoms with Crippen molar-refractivity contribution < 1.29 is 0 Å². The Hall–Kier alpha value is -1.95. The highest BCUT2D eigenvalue weighted by molar-refractivity contribution is 5.60. The minimum absolute atomic E-state index is 0.583. The van der Waals surface area contributed by atoms with Gasteiger partial charge in [-0.25, -0.2) is 14.6 Å². The van der Waals surface area contributed by atoms with Crippen LogP contribution in [-0.4, -0.2) is 44.8 Å². The highest BCUT2D eigenvalue weighted by atomic mass is 15.4. The number of anilines is 1. The predicted molar refractivity (Wildman–Crippen MR) is 89.6 cm³/mol. The van der Waals surface area contributed by atoms with Gasteiger partial charge < -0.3 is 9.80 Å². The van der Waals surface area contributed by atoms with Gasteiger partial charge in [-0.15, -0.1) is 5.10 Å². The van der Waals surface area contributed by atoms with Gasteiger partial charge in [0.05, 0.1) is 13.1 Å². The van der Waals surface area contributed by atoms with Crippen LogP contribution in [0.25, 0.3) is 5.69 Å². The van der Waals surface area contributed by atoms with Crippen LogP contribution in [0, 0.1) is 0 Å². The second-order valence-corrected chi connectivity index (χ2v) is 6.86. The fourth-order valence-electron chi connectivity index (χ4n) is 3.73. The Labute approximate surface area is 137 Å². The highest BCUT2D eigenvalue weighted by Gasteiger charge is 2.31. The Kier molecular flexibility index (Phi) is 3.77. The normalized spacial score (nSPS) is 18.1. The molecular formula is C17H24N6. The smallest absolute Gasteiger partial charge is 0.165 e. The summed E-state index contributed by atoms with van der Waals surface area (Å²) < 4.78 is 1.99. The first kappa shape index (κ1) is 14.6. The minimum atomic E-state index is 0.583. The summed E-state index contributed by atoms with van der Waals surface area (Å²) >= 11 is 0. The van der Waals surface area contributed by atoms with Gasteiger partial charge in [-0.2, -0.15) is 0 Å². The first-order valence-electron chi connectivity index (χ1n) is 8.54. The highest BCUT2D eigenvalue weighted by Crippen LogP contribution is 2.34. The van der Waals surface area contributed by atoms with Crippen molar-refractivity contribution in [2.75, 3.05) is 19.0 Å². The lowest BCUT2D eigenvalue weighted by Crippen LogP contribution is -2.40. The van der Waals surface area contributed by atoms with E-state index >= 15 is 0 Å². The topological polar surface area (TPSA) is 50.1 Å². The molecule has 6 nitrogen and oxygen atoms in total. The van der Waals surface area contributed by atoms with E-state index in [-0.39, 0.29) is 0 Å². The van der Waals surface area contributed by atoms with Crippen molar-refractivity contribution in [3.8, 4) is 5.69 Å². The minimum Gasteiger partial charge on any atom is -0.344 e. The Bertz CT molecular complexity index is 686. The van der Waals surface area contributed by atoms with Crippen LogP contribution < -0.4 is 4.90 Å². The summed E-state index contributed by atoms with van der Waals surface area (Å²) in [6, 6.07) is 4.68. The first-order chi connectivity index (χ1) is 11.2. The van der Waals surface area contributed by atoms with Gasteiger partial charge in [0, 0.05) is 12.2 Å². The molecule has 0 saturated heterocycles. The average molecular weight is 312 g/mol. The molecule has 1 fully saturated rings. The third-order valence-corrected chi connectivity index (χ3v) is 4.77. The lowest BCUT2D eigenvalue weighted by atomic mass is 9.93. The van der Waals surface area contributed by atoms with Crippen molar-refractivity contribution >= 4 is 5.82 Å². The monoisotopic (exact) mass is 312 g/mol. The third-order valence-electron chi connectivity index (χ3n) is 4.77. The standard InChI is InChI=1S/C17H24N6/c1-21(2)11-15-19-16-12-22(13-7-4-3-5-8-13)17-14(23(16)20-15)9-6-10-18-17/h6,9-10,13H,3-5,7-8,11-12H2,1-2H3. The van der Waals surface area contributed by atoms with Crippen molar-refractivity contribution in [3.05, 3.63) is 30.0 Å². The molecule has 0 bridgehead atoms. The lowest BCUT2D eigenvalue weighted by molar-refractivity contribution is 0.390. The molecule has 0 unspecified atom stereocenters. The van der Waals surface area contributed by atoms with E-state index in [2.05, 4.69) is 20.9 Å². The van der Waals surface area contributed by atoms with Gasteiger partial charge in [-0.3, -0.25) is 0 Å². The van der Waals surface area contributed by atoms with Crippen LogP contribution in [0.5, 0.6) is 0 Å². The molecule has 1 saturated carbocycles. The van der Waals surface area contributed by atoms with E-state index in [1.807, 2.05) is 31.0 Å². The summed E-state index contributed by atoms with van der Waals surface area (Å²) in [5.41, 5.74) is 1.07. The molecule has 1 aliphatic carbocycles. The molecule has 23 heavy (non-hydrogen) atoms. The number of aromatic nitrogens is 4. The fourth-order valence-corrected chi connectivity index (χ4v) is 3.73. The summed E-state index contributed by atoms with van der Waals surface area (Å²) in [4.78, 5) is 14.0. The third kappa shape index (κ3) is 2.72. The predicted octanol–water partition coefficient (Wildman–Crippen LogP) is 2.38. The van der Waals surface area contributed by atoms with Gasteiger partial charge in [-0.05, 0) is 39.1 Å². The molecule has 0 aromatic carbocycles. The molecule has 2 aromatic heterocycles. The van der Waals surface area contributed by atoms with Crippen LogP contribution in [0.4, 0.5) is 5.82 Å². The van der Waals surface area contributed by atoms with Crippen molar-refractivity contribution in [2.24, 2.45) is 0 Å². The van der Waals surface area contributed by atoms with Gasteiger partial charge in [0.25, 0.3) is 0 Å². The molecule has 0 radical (unpaired) electrons. The first-order valence-corrected chi connectivity index (χ1v) is 8.54. The van der Waals surface area contributed by atoms with E-state index in [0.717, 1.165) is 36.2 Å². The Morgan fingerprint density at radius 2 is 2.04 bits per heavy atom. The Morgan fingerprint density at radius 1 is 1.22 bits per heavy atom. The number of hydrogen-bond acceptors (Lipinski definition) is 5. The molecule has 3 heterocycles. The molecule has 0 spiro atoms. The Morgan fingerprint density at radius 3 is 2.83 bits per heavy atom. The largest absolute Gasteiger partial charge is 0.344 e. The summed E-state index contributed by atoms with van der Waals surface area (Å²) in [5.74, 6) is 2.98. The van der Waals surface area contributed by atoms with Gasteiger partial charge in [0.1, 0.15) is 5.69 Å². The maximum atomic E-state index is 4.78. The van der Waals surface area contributed by atoms with E-state index in [4.69, 9.17) is 10.1 Å². The Balaban J connectivity index is 1.72. The van der Waals surface area contributed by atoms with Crippen LogP contribution in [-0.2, 0) is 13.1 Å². The van der Waals surface area contributed by atoms with Gasteiger partial charge in [0.2, 0.25) is 0 Å². The second-order valence-electron chi connectivity index (χ2n) is 6.86. The van der Waals surface area contributed by atoms with Crippen LogP contribution >= 0.6 is 0 Å². The summed E-state index contributed by atoms with van der Waals surface area (Å²) in [6.07, 6.45) is 8.41. The molecular weight excluding hydrogens is 288 g/mol. The number of fused-ring (bicyclic) bond motifs is 3. The molecule has 1 aliphatic heterocycles. The van der Waals surface area contributed by atoms with E-state index < -0.39 is 0 Å². The zero-order chi connectivity index (χ0) is 15.8. The molecule has 6 heteroatoms. The quantitative estimate of drug-likeness (QED) is 0.871. The molecule has 4 rings (SSSR count). The number of rotatable bonds is 3. The molecule has 0 N–H and O–H groups in total. The zero-order valence-electron chi connectivity index (χ0n) is 13.9. The van der Waals surface area contributed by atoms with Crippen molar-refractivity contribution in [3.63, 3.8) is 0 Å². The number of hydrogen-bond donors (Lipinski definition) is 0. The van der Waals surface area contributed by atoms with E-state index in [0.29, 0.717) is 6.04 Å².